The van der Waals surface area contributed by atoms with Crippen molar-refractivity contribution in [1.82, 2.24) is 15.1 Å². The first kappa shape index (κ1) is 12.8. The molecule has 0 saturated heterocycles. The van der Waals surface area contributed by atoms with Crippen molar-refractivity contribution in [3.63, 3.8) is 0 Å². The molecule has 2 aromatic rings. The molecule has 0 spiro atoms. The van der Waals surface area contributed by atoms with Crippen LogP contribution in [0.2, 0.25) is 0 Å². The maximum atomic E-state index is 11.8. The quantitative estimate of drug-likeness (QED) is 0.903. The van der Waals surface area contributed by atoms with E-state index in [0.29, 0.717) is 12.1 Å². The van der Waals surface area contributed by atoms with E-state index in [-0.39, 0.29) is 11.8 Å². The van der Waals surface area contributed by atoms with Gasteiger partial charge in [-0.25, -0.2) is 4.68 Å². The Morgan fingerprint density at radius 3 is 2.89 bits per heavy atom. The molecular formula is C14H14N4O. The second-order valence-corrected chi connectivity index (χ2v) is 4.25. The number of benzene rings is 1. The fourth-order valence-electron chi connectivity index (χ4n) is 1.56. The van der Waals surface area contributed by atoms with E-state index in [2.05, 4.69) is 16.5 Å². The van der Waals surface area contributed by atoms with Crippen LogP contribution in [0.4, 0.5) is 0 Å². The number of carbonyl (C=O) groups is 1. The Kier molecular flexibility index (Phi) is 3.94. The molecule has 1 aromatic carbocycles. The summed E-state index contributed by atoms with van der Waals surface area (Å²) >= 11 is 0. The summed E-state index contributed by atoms with van der Waals surface area (Å²) in [5.74, 6) is -0.419. The summed E-state index contributed by atoms with van der Waals surface area (Å²) in [4.78, 5) is 11.8. The first-order valence-corrected chi connectivity index (χ1v) is 5.98. The Hall–Kier alpha value is -2.61. The lowest BCUT2D eigenvalue weighted by atomic mass is 10.2. The molecule has 96 valence electrons. The van der Waals surface area contributed by atoms with Crippen LogP contribution < -0.4 is 5.32 Å². The van der Waals surface area contributed by atoms with Crippen molar-refractivity contribution in [2.24, 2.45) is 5.92 Å². The van der Waals surface area contributed by atoms with Gasteiger partial charge in [-0.05, 0) is 19.1 Å². The van der Waals surface area contributed by atoms with Gasteiger partial charge in [-0.15, -0.1) is 0 Å². The van der Waals surface area contributed by atoms with Crippen LogP contribution in [0.1, 0.15) is 17.3 Å². The second kappa shape index (κ2) is 5.83. The first-order chi connectivity index (χ1) is 9.20. The van der Waals surface area contributed by atoms with Crippen LogP contribution in [0.3, 0.4) is 0 Å². The third kappa shape index (κ3) is 3.19. The normalized spacial score (nSPS) is 11.6. The molecule has 1 aromatic heterocycles. The van der Waals surface area contributed by atoms with E-state index in [0.717, 1.165) is 5.69 Å². The van der Waals surface area contributed by atoms with E-state index >= 15 is 0 Å². The molecule has 1 heterocycles. The highest BCUT2D eigenvalue weighted by Gasteiger charge is 2.10. The topological polar surface area (TPSA) is 70.7 Å². The lowest BCUT2D eigenvalue weighted by molar-refractivity contribution is 0.0951. The Balaban J connectivity index is 2.05. The Morgan fingerprint density at radius 1 is 1.47 bits per heavy atom. The average molecular weight is 254 g/mol. The van der Waals surface area contributed by atoms with Gasteiger partial charge >= 0.3 is 0 Å². The van der Waals surface area contributed by atoms with E-state index in [9.17, 15) is 4.79 Å². The number of carbonyl (C=O) groups excluding carboxylic acids is 1. The van der Waals surface area contributed by atoms with E-state index in [1.807, 2.05) is 30.3 Å². The summed E-state index contributed by atoms with van der Waals surface area (Å²) in [6.07, 6.45) is 3.18. The summed E-state index contributed by atoms with van der Waals surface area (Å²) < 4.78 is 1.64. The van der Waals surface area contributed by atoms with Crippen molar-refractivity contribution in [3.05, 3.63) is 48.3 Å². The van der Waals surface area contributed by atoms with Gasteiger partial charge in [0.2, 0.25) is 0 Å². The lowest BCUT2D eigenvalue weighted by Crippen LogP contribution is -2.27. The van der Waals surface area contributed by atoms with Crippen molar-refractivity contribution in [2.45, 2.75) is 6.92 Å². The zero-order chi connectivity index (χ0) is 13.7. The highest BCUT2D eigenvalue weighted by molar-refractivity contribution is 5.93. The molecule has 1 N–H and O–H groups in total. The van der Waals surface area contributed by atoms with E-state index in [1.54, 1.807) is 17.8 Å². The molecule has 5 heteroatoms. The van der Waals surface area contributed by atoms with Crippen LogP contribution in [-0.2, 0) is 0 Å². The van der Waals surface area contributed by atoms with Crippen LogP contribution in [0.25, 0.3) is 5.69 Å². The van der Waals surface area contributed by atoms with Crippen LogP contribution in [-0.4, -0.2) is 22.2 Å². The molecule has 0 aliphatic rings. The van der Waals surface area contributed by atoms with E-state index in [1.165, 1.54) is 6.20 Å². The predicted molar refractivity (Wildman–Crippen MR) is 70.7 cm³/mol. The maximum Gasteiger partial charge on any atom is 0.254 e. The summed E-state index contributed by atoms with van der Waals surface area (Å²) in [5.41, 5.74) is 1.38. The number of nitrogens with zero attached hydrogens (tertiary/aromatic N) is 3. The maximum absolute atomic E-state index is 11.8. The van der Waals surface area contributed by atoms with E-state index < -0.39 is 0 Å². The number of nitriles is 1. The lowest BCUT2D eigenvalue weighted by Gasteiger charge is -2.04. The molecular weight excluding hydrogens is 240 g/mol. The van der Waals surface area contributed by atoms with Crippen molar-refractivity contribution in [1.29, 1.82) is 5.26 Å². The highest BCUT2D eigenvalue weighted by atomic mass is 16.1. The minimum absolute atomic E-state index is 0.201. The number of para-hydroxylation sites is 1. The Bertz CT molecular complexity index is 597. The molecule has 1 amide bonds. The molecule has 0 bridgehead atoms. The number of nitrogens with one attached hydrogen (secondary N) is 1. The molecule has 19 heavy (non-hydrogen) atoms. The third-order valence-corrected chi connectivity index (χ3v) is 2.65. The van der Waals surface area contributed by atoms with Crippen LogP contribution in [0, 0.1) is 17.2 Å². The predicted octanol–water partition coefficient (Wildman–Crippen LogP) is 1.76. The van der Waals surface area contributed by atoms with Crippen molar-refractivity contribution >= 4 is 5.91 Å². The fraction of sp³-hybridized carbons (Fsp3) is 0.214. The zero-order valence-electron chi connectivity index (χ0n) is 10.6. The standard InChI is InChI=1S/C14H14N4O/c1-11(7-15)8-16-14(19)12-9-17-18(10-12)13-5-3-2-4-6-13/h2-6,9-11H,8H2,1H3,(H,16,19). The van der Waals surface area contributed by atoms with Crippen molar-refractivity contribution < 1.29 is 4.79 Å². The van der Waals surface area contributed by atoms with Crippen molar-refractivity contribution in [2.75, 3.05) is 6.54 Å². The molecule has 1 atom stereocenters. The van der Waals surface area contributed by atoms with Gasteiger partial charge in [-0.3, -0.25) is 4.79 Å². The van der Waals surface area contributed by atoms with Gasteiger partial charge in [0.15, 0.2) is 0 Å². The van der Waals surface area contributed by atoms with Crippen LogP contribution >= 0.6 is 0 Å². The fourth-order valence-corrected chi connectivity index (χ4v) is 1.56. The largest absolute Gasteiger partial charge is 0.351 e. The third-order valence-electron chi connectivity index (χ3n) is 2.65. The number of amides is 1. The molecule has 1 unspecified atom stereocenters. The van der Waals surface area contributed by atoms with Gasteiger partial charge in [0.05, 0.1) is 29.4 Å². The van der Waals surface area contributed by atoms with Gasteiger partial charge in [0.25, 0.3) is 5.91 Å². The molecule has 0 fully saturated rings. The van der Waals surface area contributed by atoms with Crippen LogP contribution in [0.5, 0.6) is 0 Å². The Labute approximate surface area is 111 Å². The highest BCUT2D eigenvalue weighted by Crippen LogP contribution is 2.07. The molecule has 0 aliphatic carbocycles. The van der Waals surface area contributed by atoms with E-state index in [4.69, 9.17) is 5.26 Å². The van der Waals surface area contributed by atoms with Crippen LogP contribution in [0.15, 0.2) is 42.7 Å². The number of rotatable bonds is 4. The summed E-state index contributed by atoms with van der Waals surface area (Å²) in [6.45, 7) is 2.10. The molecule has 0 aliphatic heterocycles. The smallest absolute Gasteiger partial charge is 0.254 e. The molecule has 0 saturated carbocycles. The first-order valence-electron chi connectivity index (χ1n) is 5.98. The minimum Gasteiger partial charge on any atom is -0.351 e. The summed E-state index contributed by atoms with van der Waals surface area (Å²) in [7, 11) is 0. The number of hydrogen-bond donors (Lipinski definition) is 1. The van der Waals surface area contributed by atoms with Gasteiger partial charge < -0.3 is 5.32 Å². The SMILES string of the molecule is CC(C#N)CNC(=O)c1cnn(-c2ccccc2)c1. The number of hydrogen-bond acceptors (Lipinski definition) is 3. The monoisotopic (exact) mass is 254 g/mol. The minimum atomic E-state index is -0.218. The van der Waals surface area contributed by atoms with Gasteiger partial charge in [0, 0.05) is 12.7 Å². The van der Waals surface area contributed by atoms with Gasteiger partial charge in [0.1, 0.15) is 0 Å². The van der Waals surface area contributed by atoms with Gasteiger partial charge in [-0.2, -0.15) is 10.4 Å². The summed E-state index contributed by atoms with van der Waals surface area (Å²) in [5, 5.41) is 15.5. The average Bonchev–Trinajstić information content (AvgIpc) is 2.95. The number of aromatic nitrogens is 2. The second-order valence-electron chi connectivity index (χ2n) is 4.25. The molecule has 0 radical (unpaired) electrons. The summed E-state index contributed by atoms with van der Waals surface area (Å²) in [6, 6.07) is 11.6. The molecule has 5 nitrogen and oxygen atoms in total. The van der Waals surface area contributed by atoms with Gasteiger partial charge in [-0.1, -0.05) is 18.2 Å². The molecule has 2 rings (SSSR count). The Morgan fingerprint density at radius 2 is 2.21 bits per heavy atom. The van der Waals surface area contributed by atoms with Crippen molar-refractivity contribution in [3.8, 4) is 11.8 Å². The zero-order valence-corrected chi connectivity index (χ0v) is 10.6.